The highest BCUT2D eigenvalue weighted by Crippen LogP contribution is 2.52. The van der Waals surface area contributed by atoms with Gasteiger partial charge in [0.1, 0.15) is 17.2 Å². The lowest BCUT2D eigenvalue weighted by molar-refractivity contribution is 0.0227. The number of carbonyl (C=O) groups excluding carboxylic acids is 1. The number of hydrogen-bond donors (Lipinski definition) is 0. The van der Waals surface area contributed by atoms with Crippen LogP contribution in [0.15, 0.2) is 54.7 Å². The number of aromatic nitrogens is 1. The molecule has 0 aliphatic carbocycles. The summed E-state index contributed by atoms with van der Waals surface area (Å²) in [7, 11) is 0. The maximum absolute atomic E-state index is 13.6. The molecule has 0 spiro atoms. The zero-order valence-corrected chi connectivity index (χ0v) is 27.7. The highest BCUT2D eigenvalue weighted by Gasteiger charge is 2.53. The summed E-state index contributed by atoms with van der Waals surface area (Å²) < 4.78 is 19.7. The molecule has 0 fully saturated rings. The van der Waals surface area contributed by atoms with Crippen molar-refractivity contribution in [2.75, 3.05) is 49.2 Å². The molecule has 238 valence electrons. The Kier molecular flexibility index (Phi) is 11.9. The lowest BCUT2D eigenvalue weighted by Gasteiger charge is -2.34. The second-order valence-electron chi connectivity index (χ2n) is 11.3. The molecule has 1 aliphatic rings. The largest absolute Gasteiger partial charge is 0.493 e. The standard InChI is InChI=1S/C37H51N3O4/c1-7-13-15-24-42-33-26-28(39(9-3)10-4)19-21-31(33)37(35-30(36(41)44-37)18-17-23-38-35)32-22-20-29(40(11-5)12-6)27-34(32)43-25-16-14-8-2/h17-23,26-27H,7-16,24-25H2,1-6H3. The molecule has 0 unspecified atom stereocenters. The number of pyridine rings is 1. The number of benzene rings is 2. The van der Waals surface area contributed by atoms with E-state index in [1.54, 1.807) is 18.3 Å². The van der Waals surface area contributed by atoms with Crippen molar-refractivity contribution in [2.45, 2.75) is 85.7 Å². The molecule has 1 aromatic heterocycles. The van der Waals surface area contributed by atoms with Gasteiger partial charge < -0.3 is 24.0 Å². The quantitative estimate of drug-likeness (QED) is 0.107. The number of rotatable bonds is 18. The molecule has 0 saturated carbocycles. The van der Waals surface area contributed by atoms with Crippen molar-refractivity contribution >= 4 is 17.3 Å². The molecular formula is C37H51N3O4. The Morgan fingerprint density at radius 3 is 1.66 bits per heavy atom. The maximum atomic E-state index is 13.6. The Balaban J connectivity index is 1.98. The number of anilines is 2. The molecule has 0 bridgehead atoms. The van der Waals surface area contributed by atoms with Crippen molar-refractivity contribution in [2.24, 2.45) is 0 Å². The molecule has 7 heteroatoms. The van der Waals surface area contributed by atoms with E-state index >= 15 is 0 Å². The third-order valence-electron chi connectivity index (χ3n) is 8.56. The van der Waals surface area contributed by atoms with E-state index in [9.17, 15) is 4.79 Å². The van der Waals surface area contributed by atoms with E-state index in [-0.39, 0.29) is 0 Å². The van der Waals surface area contributed by atoms with E-state index in [2.05, 4.69) is 87.7 Å². The van der Waals surface area contributed by atoms with E-state index in [1.165, 1.54) is 0 Å². The molecule has 0 amide bonds. The number of cyclic esters (lactones) is 1. The molecule has 0 radical (unpaired) electrons. The highest BCUT2D eigenvalue weighted by molar-refractivity contribution is 5.96. The van der Waals surface area contributed by atoms with Gasteiger partial charge in [-0.05, 0) is 76.9 Å². The number of esters is 1. The van der Waals surface area contributed by atoms with Crippen LogP contribution in [0, 0.1) is 0 Å². The molecule has 44 heavy (non-hydrogen) atoms. The number of fused-ring (bicyclic) bond motifs is 1. The average Bonchev–Trinajstić information content (AvgIpc) is 3.35. The Labute approximate surface area is 264 Å². The predicted octanol–water partition coefficient (Wildman–Crippen LogP) is 8.37. The lowest BCUT2D eigenvalue weighted by atomic mass is 9.81. The van der Waals surface area contributed by atoms with E-state index in [4.69, 9.17) is 19.2 Å². The summed E-state index contributed by atoms with van der Waals surface area (Å²) in [6.45, 7) is 17.6. The average molecular weight is 602 g/mol. The van der Waals surface area contributed by atoms with Crippen molar-refractivity contribution in [3.63, 3.8) is 0 Å². The SMILES string of the molecule is CCCCCOc1cc(N(CC)CC)ccc1C1(c2ccc(N(CC)CC)cc2OCCCCC)OC(=O)c2cccnc21. The van der Waals surface area contributed by atoms with Crippen LogP contribution in [-0.4, -0.2) is 50.3 Å². The molecule has 3 aromatic rings. The zero-order chi connectivity index (χ0) is 31.5. The number of carbonyl (C=O) groups is 1. The van der Waals surface area contributed by atoms with Crippen LogP contribution in [0.4, 0.5) is 11.4 Å². The Morgan fingerprint density at radius 1 is 0.705 bits per heavy atom. The molecule has 4 rings (SSSR count). The van der Waals surface area contributed by atoms with Gasteiger partial charge >= 0.3 is 5.97 Å². The Hall–Kier alpha value is -3.74. The molecule has 1 aliphatic heterocycles. The minimum atomic E-state index is -1.34. The van der Waals surface area contributed by atoms with Crippen molar-refractivity contribution < 1.29 is 19.0 Å². The van der Waals surface area contributed by atoms with Crippen LogP contribution >= 0.6 is 0 Å². The van der Waals surface area contributed by atoms with Gasteiger partial charge in [-0.1, -0.05) is 39.5 Å². The highest BCUT2D eigenvalue weighted by atomic mass is 16.6. The van der Waals surface area contributed by atoms with Crippen molar-refractivity contribution in [3.05, 3.63) is 77.1 Å². The van der Waals surface area contributed by atoms with Crippen LogP contribution in [0.2, 0.25) is 0 Å². The first kappa shape index (κ1) is 33.2. The monoisotopic (exact) mass is 601 g/mol. The minimum Gasteiger partial charge on any atom is -0.493 e. The van der Waals surface area contributed by atoms with Crippen LogP contribution < -0.4 is 19.3 Å². The van der Waals surface area contributed by atoms with E-state index in [0.29, 0.717) is 36.0 Å². The molecule has 2 heterocycles. The summed E-state index contributed by atoms with van der Waals surface area (Å²) >= 11 is 0. The maximum Gasteiger partial charge on any atom is 0.341 e. The number of hydrogen-bond acceptors (Lipinski definition) is 7. The fourth-order valence-electron chi connectivity index (χ4n) is 6.08. The van der Waals surface area contributed by atoms with Gasteiger partial charge in [0.15, 0.2) is 0 Å². The molecular weight excluding hydrogens is 550 g/mol. The predicted molar refractivity (Wildman–Crippen MR) is 180 cm³/mol. The second-order valence-corrected chi connectivity index (χ2v) is 11.3. The van der Waals surface area contributed by atoms with Crippen LogP contribution in [0.25, 0.3) is 0 Å². The van der Waals surface area contributed by atoms with Gasteiger partial charge in [-0.25, -0.2) is 4.79 Å². The topological polar surface area (TPSA) is 64.1 Å². The van der Waals surface area contributed by atoms with Gasteiger partial charge in [-0.15, -0.1) is 0 Å². The van der Waals surface area contributed by atoms with Gasteiger partial charge in [0.2, 0.25) is 5.60 Å². The Bertz CT molecular complexity index is 1300. The van der Waals surface area contributed by atoms with Gasteiger partial charge in [0.05, 0.1) is 18.8 Å². The fourth-order valence-corrected chi connectivity index (χ4v) is 6.08. The third kappa shape index (κ3) is 6.82. The van der Waals surface area contributed by atoms with Gasteiger partial charge in [-0.2, -0.15) is 0 Å². The summed E-state index contributed by atoms with van der Waals surface area (Å²) in [5.41, 5.74) is 3.33. The summed E-state index contributed by atoms with van der Waals surface area (Å²) in [5.74, 6) is 0.991. The number of unbranched alkanes of at least 4 members (excludes halogenated alkanes) is 4. The summed E-state index contributed by atoms with van der Waals surface area (Å²) in [4.78, 5) is 23.0. The second kappa shape index (κ2) is 15.8. The van der Waals surface area contributed by atoms with Crippen LogP contribution in [0.1, 0.15) is 107 Å². The van der Waals surface area contributed by atoms with Crippen molar-refractivity contribution in [3.8, 4) is 11.5 Å². The molecule has 2 aromatic carbocycles. The summed E-state index contributed by atoms with van der Waals surface area (Å²) in [6.07, 6.45) is 7.98. The molecule has 7 nitrogen and oxygen atoms in total. The van der Waals surface area contributed by atoms with Crippen LogP contribution in [0.5, 0.6) is 11.5 Å². The van der Waals surface area contributed by atoms with Crippen molar-refractivity contribution in [1.82, 2.24) is 4.98 Å². The van der Waals surface area contributed by atoms with Crippen LogP contribution in [-0.2, 0) is 10.3 Å². The summed E-state index contributed by atoms with van der Waals surface area (Å²) in [6, 6.07) is 16.1. The van der Waals surface area contributed by atoms with E-state index in [1.807, 2.05) is 0 Å². The first-order valence-electron chi connectivity index (χ1n) is 16.7. The van der Waals surface area contributed by atoms with Gasteiger partial charge in [0.25, 0.3) is 0 Å². The zero-order valence-electron chi connectivity index (χ0n) is 27.7. The van der Waals surface area contributed by atoms with Gasteiger partial charge in [0, 0.05) is 67.0 Å². The number of nitrogens with zero attached hydrogens (tertiary/aromatic N) is 3. The normalized spacial score (nSPS) is 13.4. The third-order valence-corrected chi connectivity index (χ3v) is 8.56. The molecule has 0 saturated heterocycles. The minimum absolute atomic E-state index is 0.400. The smallest absolute Gasteiger partial charge is 0.341 e. The molecule has 0 atom stereocenters. The summed E-state index contributed by atoms with van der Waals surface area (Å²) in [5, 5.41) is 0. The first-order valence-corrected chi connectivity index (χ1v) is 16.7. The van der Waals surface area contributed by atoms with Gasteiger partial charge in [-0.3, -0.25) is 4.98 Å². The Morgan fingerprint density at radius 2 is 1.20 bits per heavy atom. The first-order chi connectivity index (χ1) is 21.5. The van der Waals surface area contributed by atoms with Crippen molar-refractivity contribution in [1.29, 1.82) is 0 Å². The number of ether oxygens (including phenoxy) is 3. The van der Waals surface area contributed by atoms with Crippen LogP contribution in [0.3, 0.4) is 0 Å². The lowest BCUT2D eigenvalue weighted by Crippen LogP contribution is -2.32. The van der Waals surface area contributed by atoms with E-state index < -0.39 is 11.6 Å². The van der Waals surface area contributed by atoms with E-state index in [0.717, 1.165) is 87.2 Å². The fraction of sp³-hybridized carbons (Fsp3) is 0.514. The molecule has 0 N–H and O–H groups in total.